The van der Waals surface area contributed by atoms with Crippen molar-refractivity contribution in [1.29, 1.82) is 0 Å². The normalized spacial score (nSPS) is 23.3. The molecule has 1 aromatic heterocycles. The molecule has 1 N–H and O–H groups in total. The second-order valence-electron chi connectivity index (χ2n) is 14.0. The van der Waals surface area contributed by atoms with Crippen molar-refractivity contribution >= 4 is 28.4 Å². The van der Waals surface area contributed by atoms with Gasteiger partial charge in [0.2, 0.25) is 0 Å². The summed E-state index contributed by atoms with van der Waals surface area (Å²) in [6.45, 7) is 8.02. The number of hydrogen-bond donors (Lipinski definition) is 1. The van der Waals surface area contributed by atoms with Gasteiger partial charge < -0.3 is 29.1 Å². The van der Waals surface area contributed by atoms with Crippen LogP contribution in [-0.2, 0) is 24.1 Å². The van der Waals surface area contributed by atoms with Gasteiger partial charge in [-0.2, -0.15) is 9.97 Å². The van der Waals surface area contributed by atoms with Crippen LogP contribution < -0.4 is 19.3 Å². The Hall–Kier alpha value is -3.83. The number of anilines is 2. The van der Waals surface area contributed by atoms with Crippen LogP contribution in [0.5, 0.6) is 11.8 Å². The number of aryl methyl sites for hydroxylation is 1. The molecular weight excluding hydrogens is 596 g/mol. The Morgan fingerprint density at radius 2 is 1.81 bits per heavy atom. The van der Waals surface area contributed by atoms with E-state index in [0.717, 1.165) is 92.1 Å². The second-order valence-corrected chi connectivity index (χ2v) is 14.0. The average Bonchev–Trinajstić information content (AvgIpc) is 3.75. The number of amides is 1. The van der Waals surface area contributed by atoms with E-state index >= 15 is 0 Å². The van der Waals surface area contributed by atoms with E-state index in [0.29, 0.717) is 32.3 Å². The Balaban J connectivity index is 1.16. The molecule has 4 saturated heterocycles. The molecule has 0 aliphatic carbocycles. The second kappa shape index (κ2) is 12.3. The number of hydrogen-bond acceptors (Lipinski definition) is 9. The van der Waals surface area contributed by atoms with Gasteiger partial charge in [0, 0.05) is 49.4 Å². The third-order valence-electron chi connectivity index (χ3n) is 11.4. The van der Waals surface area contributed by atoms with Crippen molar-refractivity contribution in [3.63, 3.8) is 0 Å². The number of methoxy groups -OCH3 is 1. The van der Waals surface area contributed by atoms with E-state index in [4.69, 9.17) is 24.2 Å². The number of carbonyl (C=O) groups is 1. The summed E-state index contributed by atoms with van der Waals surface area (Å²) in [5.41, 5.74) is 4.68. The fourth-order valence-corrected chi connectivity index (χ4v) is 9.18. The SMILES string of the molecule is CCc1cccc2cc(OCOC)cc(N3CCc4c(nc(OCC56CCCN5CCC6)nc4N4C[C@H]5CC[C@@H](C4)N5C(=O)O)C3)c12. The summed E-state index contributed by atoms with van der Waals surface area (Å²) >= 11 is 0. The Labute approximate surface area is 276 Å². The molecule has 11 heteroatoms. The number of carboxylic acid groups (broad SMARTS) is 1. The van der Waals surface area contributed by atoms with E-state index in [1.165, 1.54) is 23.8 Å². The van der Waals surface area contributed by atoms with Crippen LogP contribution in [0.2, 0.25) is 0 Å². The molecular formula is C36H46N6O5. The molecule has 3 aromatic rings. The Morgan fingerprint density at radius 1 is 1.02 bits per heavy atom. The van der Waals surface area contributed by atoms with E-state index < -0.39 is 6.09 Å². The van der Waals surface area contributed by atoms with Gasteiger partial charge in [-0.1, -0.05) is 25.1 Å². The van der Waals surface area contributed by atoms with Crippen LogP contribution in [0.25, 0.3) is 10.8 Å². The molecule has 5 aliphatic rings. The summed E-state index contributed by atoms with van der Waals surface area (Å²) in [5.74, 6) is 1.71. The molecule has 0 spiro atoms. The number of rotatable bonds is 9. The van der Waals surface area contributed by atoms with Crippen molar-refractivity contribution in [2.45, 2.75) is 82.5 Å². The third kappa shape index (κ3) is 5.41. The van der Waals surface area contributed by atoms with Gasteiger partial charge in [0.15, 0.2) is 6.79 Å². The molecule has 0 saturated carbocycles. The minimum absolute atomic E-state index is 0.0144. The molecule has 250 valence electrons. The van der Waals surface area contributed by atoms with E-state index in [9.17, 15) is 9.90 Å². The summed E-state index contributed by atoms with van der Waals surface area (Å²) < 4.78 is 17.8. The first-order chi connectivity index (χ1) is 23.0. The highest BCUT2D eigenvalue weighted by Gasteiger charge is 2.46. The third-order valence-corrected chi connectivity index (χ3v) is 11.4. The lowest BCUT2D eigenvalue weighted by molar-refractivity contribution is 0.0512. The van der Waals surface area contributed by atoms with Crippen LogP contribution in [0.3, 0.4) is 0 Å². The van der Waals surface area contributed by atoms with Crippen molar-refractivity contribution < 1.29 is 24.1 Å². The highest BCUT2D eigenvalue weighted by Crippen LogP contribution is 2.42. The van der Waals surface area contributed by atoms with Gasteiger partial charge in [-0.25, -0.2) is 4.79 Å². The average molecular weight is 643 g/mol. The van der Waals surface area contributed by atoms with E-state index in [1.807, 2.05) is 0 Å². The zero-order valence-corrected chi connectivity index (χ0v) is 27.6. The Bertz CT molecular complexity index is 1640. The zero-order valence-electron chi connectivity index (χ0n) is 27.6. The molecule has 11 nitrogen and oxygen atoms in total. The molecule has 1 amide bonds. The minimum atomic E-state index is -0.811. The van der Waals surface area contributed by atoms with Gasteiger partial charge >= 0.3 is 12.1 Å². The lowest BCUT2D eigenvalue weighted by Crippen LogP contribution is -2.56. The molecule has 8 rings (SSSR count). The van der Waals surface area contributed by atoms with Crippen LogP contribution in [0.15, 0.2) is 30.3 Å². The molecule has 2 bridgehead atoms. The van der Waals surface area contributed by atoms with Crippen molar-refractivity contribution in [1.82, 2.24) is 19.8 Å². The molecule has 0 unspecified atom stereocenters. The lowest BCUT2D eigenvalue weighted by atomic mass is 9.95. The minimum Gasteiger partial charge on any atom is -0.467 e. The van der Waals surface area contributed by atoms with E-state index in [2.05, 4.69) is 52.0 Å². The molecule has 4 fully saturated rings. The van der Waals surface area contributed by atoms with Gasteiger partial charge in [0.1, 0.15) is 18.2 Å². The predicted molar refractivity (Wildman–Crippen MR) is 180 cm³/mol. The number of benzene rings is 2. The predicted octanol–water partition coefficient (Wildman–Crippen LogP) is 5.08. The molecule has 2 atom stereocenters. The highest BCUT2D eigenvalue weighted by atomic mass is 16.7. The monoisotopic (exact) mass is 642 g/mol. The maximum Gasteiger partial charge on any atom is 0.407 e. The summed E-state index contributed by atoms with van der Waals surface area (Å²) in [4.78, 5) is 31.4. The van der Waals surface area contributed by atoms with Crippen molar-refractivity contribution in [3.05, 3.63) is 47.2 Å². The van der Waals surface area contributed by atoms with Crippen molar-refractivity contribution in [2.75, 3.05) is 63.0 Å². The highest BCUT2D eigenvalue weighted by molar-refractivity contribution is 5.98. The van der Waals surface area contributed by atoms with Crippen LogP contribution in [-0.4, -0.2) is 102 Å². The number of aromatic nitrogens is 2. The summed E-state index contributed by atoms with van der Waals surface area (Å²) in [6.07, 6.45) is 7.44. The number of piperazine rings is 1. The Kier molecular flexibility index (Phi) is 7.99. The largest absolute Gasteiger partial charge is 0.467 e. The van der Waals surface area contributed by atoms with Crippen LogP contribution in [0, 0.1) is 0 Å². The smallest absolute Gasteiger partial charge is 0.407 e. The van der Waals surface area contributed by atoms with E-state index in [-0.39, 0.29) is 24.4 Å². The Morgan fingerprint density at radius 3 is 2.53 bits per heavy atom. The van der Waals surface area contributed by atoms with Crippen LogP contribution in [0.4, 0.5) is 16.3 Å². The van der Waals surface area contributed by atoms with Gasteiger partial charge in [-0.15, -0.1) is 0 Å². The first-order valence-electron chi connectivity index (χ1n) is 17.4. The fourth-order valence-electron chi connectivity index (χ4n) is 9.18. The number of nitrogens with zero attached hydrogens (tertiary/aromatic N) is 6. The van der Waals surface area contributed by atoms with Gasteiger partial charge in [0.25, 0.3) is 0 Å². The molecule has 0 radical (unpaired) electrons. The lowest BCUT2D eigenvalue weighted by Gasteiger charge is -2.41. The van der Waals surface area contributed by atoms with Crippen LogP contribution >= 0.6 is 0 Å². The first kappa shape index (κ1) is 30.5. The maximum absolute atomic E-state index is 12.1. The van der Waals surface area contributed by atoms with E-state index in [1.54, 1.807) is 12.0 Å². The van der Waals surface area contributed by atoms with Gasteiger partial charge in [0.05, 0.1) is 29.9 Å². The topological polar surface area (TPSA) is 104 Å². The zero-order chi connectivity index (χ0) is 32.1. The summed E-state index contributed by atoms with van der Waals surface area (Å²) in [6, 6.07) is 11.1. The fraction of sp³-hybridized carbons (Fsp3) is 0.583. The number of ether oxygens (including phenoxy) is 3. The molecule has 5 aliphatic heterocycles. The molecule has 6 heterocycles. The summed E-state index contributed by atoms with van der Waals surface area (Å²) in [7, 11) is 1.64. The van der Waals surface area contributed by atoms with Crippen molar-refractivity contribution in [2.24, 2.45) is 0 Å². The molecule has 2 aromatic carbocycles. The van der Waals surface area contributed by atoms with Crippen molar-refractivity contribution in [3.8, 4) is 11.8 Å². The van der Waals surface area contributed by atoms with Crippen LogP contribution in [0.1, 0.15) is 62.3 Å². The quantitative estimate of drug-likeness (QED) is 0.318. The number of fused-ring (bicyclic) bond motifs is 5. The molecule has 47 heavy (non-hydrogen) atoms. The van der Waals surface area contributed by atoms with Gasteiger partial charge in [-0.05, 0) is 81.5 Å². The standard InChI is InChI=1S/C36H46N6O5/c1-3-24-7-4-8-25-17-28(47-23-45-2)18-31(32(24)25)39-16-11-29-30(21-39)37-34(46-22-36-12-5-14-41(36)15-6-13-36)38-33(29)40-19-26-9-10-27(20-40)42(26)35(43)44/h4,7-8,17-18,26-27H,3,5-6,9-16,19-23H2,1-2H3,(H,43,44)/t26-,27+. The maximum atomic E-state index is 12.1. The first-order valence-corrected chi connectivity index (χ1v) is 17.4. The van der Waals surface area contributed by atoms with Gasteiger partial charge in [-0.3, -0.25) is 9.80 Å². The summed E-state index contributed by atoms with van der Waals surface area (Å²) in [5, 5.41) is 12.3.